The molecule has 0 aliphatic carbocycles. The SMILES string of the molecule is C=C1NCC(C(=C)N(C)Cc2ccc(Cl)c(Cl)c2)=C1C. The van der Waals surface area contributed by atoms with E-state index in [1.807, 2.05) is 25.2 Å². The zero-order valence-corrected chi connectivity index (χ0v) is 13.3. The standard InChI is InChI=1S/C16H18Cl2N2/c1-10-11(2)19-8-14(10)12(3)20(4)9-13-5-6-15(17)16(18)7-13/h5-7,19H,2-3,8-9H2,1,4H3. The van der Waals surface area contributed by atoms with E-state index < -0.39 is 0 Å². The van der Waals surface area contributed by atoms with Gasteiger partial charge < -0.3 is 10.2 Å². The number of likely N-dealkylation sites (N-methyl/N-ethyl adjacent to an activating group) is 1. The van der Waals surface area contributed by atoms with Gasteiger partial charge in [0.2, 0.25) is 0 Å². The highest BCUT2D eigenvalue weighted by Gasteiger charge is 2.18. The molecule has 0 spiro atoms. The second-order valence-corrected chi connectivity index (χ2v) is 5.80. The van der Waals surface area contributed by atoms with E-state index in [0.29, 0.717) is 10.0 Å². The van der Waals surface area contributed by atoms with Crippen LogP contribution in [-0.4, -0.2) is 18.5 Å². The lowest BCUT2D eigenvalue weighted by Gasteiger charge is -2.23. The summed E-state index contributed by atoms with van der Waals surface area (Å²) in [6.45, 7) is 11.7. The summed E-state index contributed by atoms with van der Waals surface area (Å²) in [4.78, 5) is 2.11. The van der Waals surface area contributed by atoms with Gasteiger partial charge in [-0.2, -0.15) is 0 Å². The average molecular weight is 309 g/mol. The summed E-state index contributed by atoms with van der Waals surface area (Å²) in [7, 11) is 2.02. The first kappa shape index (κ1) is 15.0. The van der Waals surface area contributed by atoms with Crippen LogP contribution >= 0.6 is 23.2 Å². The van der Waals surface area contributed by atoms with Crippen LogP contribution in [0.4, 0.5) is 0 Å². The van der Waals surface area contributed by atoms with Crippen molar-refractivity contribution in [3.63, 3.8) is 0 Å². The third-order valence-corrected chi connectivity index (χ3v) is 4.34. The van der Waals surface area contributed by atoms with Crippen LogP contribution < -0.4 is 5.32 Å². The predicted molar refractivity (Wildman–Crippen MR) is 86.9 cm³/mol. The molecule has 1 aliphatic rings. The molecule has 0 amide bonds. The molecule has 0 radical (unpaired) electrons. The van der Waals surface area contributed by atoms with Crippen LogP contribution in [0.2, 0.25) is 10.0 Å². The Kier molecular flexibility index (Phi) is 4.46. The van der Waals surface area contributed by atoms with E-state index in [9.17, 15) is 0 Å². The monoisotopic (exact) mass is 308 g/mol. The van der Waals surface area contributed by atoms with Crippen LogP contribution in [0.25, 0.3) is 0 Å². The van der Waals surface area contributed by atoms with Gasteiger partial charge in [0.15, 0.2) is 0 Å². The molecule has 1 N–H and O–H groups in total. The first-order valence-electron chi connectivity index (χ1n) is 6.37. The minimum Gasteiger partial charge on any atom is -0.381 e. The number of nitrogens with zero attached hydrogens (tertiary/aromatic N) is 1. The maximum atomic E-state index is 6.04. The lowest BCUT2D eigenvalue weighted by atomic mass is 10.1. The average Bonchev–Trinajstić information content (AvgIpc) is 2.73. The van der Waals surface area contributed by atoms with Crippen LogP contribution in [0, 0.1) is 0 Å². The maximum absolute atomic E-state index is 6.04. The van der Waals surface area contributed by atoms with Gasteiger partial charge in [-0.1, -0.05) is 42.4 Å². The molecule has 106 valence electrons. The Morgan fingerprint density at radius 3 is 2.60 bits per heavy atom. The van der Waals surface area contributed by atoms with Gasteiger partial charge in [0.05, 0.1) is 10.0 Å². The fourth-order valence-electron chi connectivity index (χ4n) is 2.20. The summed E-state index contributed by atoms with van der Waals surface area (Å²) < 4.78 is 0. The first-order valence-corrected chi connectivity index (χ1v) is 7.13. The van der Waals surface area contributed by atoms with Crippen molar-refractivity contribution in [2.45, 2.75) is 13.5 Å². The molecule has 1 aromatic carbocycles. The molecule has 0 saturated heterocycles. The summed E-state index contributed by atoms with van der Waals surface area (Å²) in [5.41, 5.74) is 5.46. The normalized spacial score (nSPS) is 14.5. The van der Waals surface area contributed by atoms with E-state index in [4.69, 9.17) is 23.2 Å². The number of halogens is 2. The van der Waals surface area contributed by atoms with Crippen molar-refractivity contribution in [1.29, 1.82) is 0 Å². The molecule has 2 rings (SSSR count). The van der Waals surface area contributed by atoms with Crippen molar-refractivity contribution in [3.05, 3.63) is 69.5 Å². The van der Waals surface area contributed by atoms with Crippen molar-refractivity contribution >= 4 is 23.2 Å². The Bertz CT molecular complexity index is 602. The Balaban J connectivity index is 2.12. The van der Waals surface area contributed by atoms with Crippen LogP contribution in [0.15, 0.2) is 53.9 Å². The quantitative estimate of drug-likeness (QED) is 0.888. The van der Waals surface area contributed by atoms with Crippen LogP contribution in [0.5, 0.6) is 0 Å². The molecule has 4 heteroatoms. The van der Waals surface area contributed by atoms with Crippen LogP contribution in [0.3, 0.4) is 0 Å². The van der Waals surface area contributed by atoms with Gasteiger partial charge in [-0.25, -0.2) is 0 Å². The van der Waals surface area contributed by atoms with Crippen LogP contribution in [-0.2, 0) is 6.54 Å². The highest BCUT2D eigenvalue weighted by molar-refractivity contribution is 6.42. The number of hydrogen-bond acceptors (Lipinski definition) is 2. The van der Waals surface area contributed by atoms with E-state index in [0.717, 1.165) is 30.0 Å². The molecule has 0 fully saturated rings. The molecular weight excluding hydrogens is 291 g/mol. The lowest BCUT2D eigenvalue weighted by Crippen LogP contribution is -2.20. The Hall–Kier alpha value is -1.38. The highest BCUT2D eigenvalue weighted by Crippen LogP contribution is 2.27. The summed E-state index contributed by atoms with van der Waals surface area (Å²) in [6.07, 6.45) is 0. The number of allylic oxidation sites excluding steroid dienone is 1. The minimum absolute atomic E-state index is 0.576. The third-order valence-electron chi connectivity index (χ3n) is 3.60. The molecule has 20 heavy (non-hydrogen) atoms. The van der Waals surface area contributed by atoms with Gasteiger partial charge in [0, 0.05) is 31.5 Å². The molecule has 1 aliphatic heterocycles. The number of benzene rings is 1. The molecule has 2 nitrogen and oxygen atoms in total. The fourth-order valence-corrected chi connectivity index (χ4v) is 2.52. The third kappa shape index (κ3) is 3.02. The Morgan fingerprint density at radius 1 is 1.35 bits per heavy atom. The molecule has 0 saturated carbocycles. The largest absolute Gasteiger partial charge is 0.381 e. The van der Waals surface area contributed by atoms with Crippen molar-refractivity contribution in [2.24, 2.45) is 0 Å². The van der Waals surface area contributed by atoms with E-state index in [1.165, 1.54) is 11.1 Å². The van der Waals surface area contributed by atoms with E-state index in [-0.39, 0.29) is 0 Å². The molecule has 0 aromatic heterocycles. The molecule has 0 bridgehead atoms. The van der Waals surface area contributed by atoms with Gasteiger partial charge >= 0.3 is 0 Å². The number of rotatable bonds is 4. The van der Waals surface area contributed by atoms with Gasteiger partial charge in [-0.15, -0.1) is 0 Å². The zero-order chi connectivity index (χ0) is 14.9. The van der Waals surface area contributed by atoms with E-state index in [2.05, 4.69) is 30.3 Å². The van der Waals surface area contributed by atoms with Gasteiger partial charge in [0.25, 0.3) is 0 Å². The van der Waals surface area contributed by atoms with Crippen molar-refractivity contribution < 1.29 is 0 Å². The summed E-state index contributed by atoms with van der Waals surface area (Å²) in [6, 6.07) is 5.69. The summed E-state index contributed by atoms with van der Waals surface area (Å²) in [5.74, 6) is 0. The lowest BCUT2D eigenvalue weighted by molar-refractivity contribution is 0.419. The Morgan fingerprint density at radius 2 is 2.05 bits per heavy atom. The zero-order valence-electron chi connectivity index (χ0n) is 11.8. The number of nitrogens with one attached hydrogen (secondary N) is 1. The Labute approximate surface area is 130 Å². The predicted octanol–water partition coefficient (Wildman–Crippen LogP) is 4.37. The van der Waals surface area contributed by atoms with Crippen molar-refractivity contribution in [1.82, 2.24) is 10.2 Å². The van der Waals surface area contributed by atoms with Gasteiger partial charge in [-0.05, 0) is 35.8 Å². The number of hydrogen-bond donors (Lipinski definition) is 1. The van der Waals surface area contributed by atoms with Gasteiger partial charge in [0.1, 0.15) is 0 Å². The molecule has 1 heterocycles. The molecule has 0 atom stereocenters. The summed E-state index contributed by atoms with van der Waals surface area (Å²) in [5, 5.41) is 4.39. The highest BCUT2D eigenvalue weighted by atomic mass is 35.5. The second kappa shape index (κ2) is 5.94. The van der Waals surface area contributed by atoms with Crippen molar-refractivity contribution in [2.75, 3.05) is 13.6 Å². The van der Waals surface area contributed by atoms with Crippen molar-refractivity contribution in [3.8, 4) is 0 Å². The smallest absolute Gasteiger partial charge is 0.0595 e. The molecular formula is C16H18Cl2N2. The topological polar surface area (TPSA) is 15.3 Å². The van der Waals surface area contributed by atoms with E-state index in [1.54, 1.807) is 0 Å². The second-order valence-electron chi connectivity index (χ2n) is 4.99. The summed E-state index contributed by atoms with van der Waals surface area (Å²) >= 11 is 12.0. The van der Waals surface area contributed by atoms with E-state index >= 15 is 0 Å². The molecule has 0 unspecified atom stereocenters. The molecule has 1 aromatic rings. The first-order chi connectivity index (χ1) is 9.40. The fraction of sp³-hybridized carbons (Fsp3) is 0.250. The maximum Gasteiger partial charge on any atom is 0.0595 e. The van der Waals surface area contributed by atoms with Gasteiger partial charge in [-0.3, -0.25) is 0 Å². The minimum atomic E-state index is 0.576. The van der Waals surface area contributed by atoms with Crippen LogP contribution in [0.1, 0.15) is 12.5 Å².